The van der Waals surface area contributed by atoms with Gasteiger partial charge in [-0.05, 0) is 88.2 Å². The van der Waals surface area contributed by atoms with Crippen LogP contribution in [0.4, 0.5) is 22.0 Å². The molecule has 45 heavy (non-hydrogen) atoms. The molecule has 2 saturated heterocycles. The topological polar surface area (TPSA) is 93.0 Å². The van der Waals surface area contributed by atoms with Crippen molar-refractivity contribution in [2.24, 2.45) is 5.92 Å². The predicted molar refractivity (Wildman–Crippen MR) is 176 cm³/mol. The molecule has 0 N–H and O–H groups in total. The van der Waals surface area contributed by atoms with Crippen LogP contribution in [0.1, 0.15) is 45.7 Å². The number of carbonyl (C=O) groups excluding carboxylic acids is 2. The largest absolute Gasteiger partial charge is 0.444 e. The molecule has 3 aliphatic heterocycles. The summed E-state index contributed by atoms with van der Waals surface area (Å²) in [6.45, 7) is 15.6. The number of ether oxygens (including phenoxy) is 1. The fourth-order valence-corrected chi connectivity index (χ4v) is 6.54. The van der Waals surface area contributed by atoms with E-state index in [4.69, 9.17) is 21.3 Å². The van der Waals surface area contributed by atoms with Crippen molar-refractivity contribution in [2.45, 2.75) is 45.6 Å². The minimum atomic E-state index is -0.728. The molecule has 4 heterocycles. The van der Waals surface area contributed by atoms with E-state index in [2.05, 4.69) is 34.1 Å². The van der Waals surface area contributed by atoms with Crippen molar-refractivity contribution in [3.8, 4) is 17.2 Å². The van der Waals surface area contributed by atoms with Gasteiger partial charge in [0.1, 0.15) is 17.5 Å². The van der Waals surface area contributed by atoms with Crippen LogP contribution in [0, 0.1) is 17.2 Å². The molecule has 6 rings (SSSR count). The zero-order valence-electron chi connectivity index (χ0n) is 26.5. The minimum absolute atomic E-state index is 0.0406. The van der Waals surface area contributed by atoms with Gasteiger partial charge in [0.25, 0.3) is 0 Å². The highest BCUT2D eigenvalue weighted by Gasteiger charge is 2.45. The number of carbonyl (C=O) groups is 2. The van der Waals surface area contributed by atoms with Crippen molar-refractivity contribution in [3.05, 3.63) is 70.9 Å². The van der Waals surface area contributed by atoms with Crippen molar-refractivity contribution < 1.29 is 14.3 Å². The van der Waals surface area contributed by atoms with Crippen LogP contribution >= 0.6 is 11.6 Å². The maximum Gasteiger partial charge on any atom is 0.410 e. The number of hydrogen-bond donors (Lipinski definition) is 0. The molecule has 0 bridgehead atoms. The predicted octanol–water partition coefficient (Wildman–Crippen LogP) is 6.22. The van der Waals surface area contributed by atoms with Gasteiger partial charge in [-0.25, -0.2) is 9.78 Å². The van der Waals surface area contributed by atoms with Gasteiger partial charge in [0.05, 0.1) is 27.4 Å². The number of halogens is 1. The number of pyridine rings is 1. The van der Waals surface area contributed by atoms with Gasteiger partial charge < -0.3 is 14.5 Å². The average Bonchev–Trinajstić information content (AvgIpc) is 3.18. The lowest BCUT2D eigenvalue weighted by molar-refractivity contribution is -0.121. The molecule has 234 valence electrons. The molecule has 3 aliphatic rings. The molecule has 2 aromatic carbocycles. The smallest absolute Gasteiger partial charge is 0.410 e. The zero-order chi connectivity index (χ0) is 32.1. The van der Waals surface area contributed by atoms with Crippen LogP contribution in [0.5, 0.6) is 0 Å². The monoisotopic (exact) mass is 626 g/mol. The van der Waals surface area contributed by atoms with E-state index in [1.807, 2.05) is 57.8 Å². The fourth-order valence-electron chi connectivity index (χ4n) is 6.33. The quantitative estimate of drug-likeness (QED) is 0.332. The molecule has 2 fully saturated rings. The average molecular weight is 627 g/mol. The first-order valence-electron chi connectivity index (χ1n) is 15.4. The van der Waals surface area contributed by atoms with Crippen LogP contribution < -0.4 is 9.80 Å². The Morgan fingerprint density at radius 2 is 1.76 bits per heavy atom. The normalized spacial score (nSPS) is 18.4. The first-order chi connectivity index (χ1) is 21.3. The molecule has 0 saturated carbocycles. The van der Waals surface area contributed by atoms with Crippen LogP contribution in [0.15, 0.2) is 54.7 Å². The molecule has 1 aromatic heterocycles. The number of piperazine rings is 1. The third kappa shape index (κ3) is 6.09. The Kier molecular flexibility index (Phi) is 8.00. The van der Waals surface area contributed by atoms with Gasteiger partial charge in [0.2, 0.25) is 5.91 Å². The lowest BCUT2D eigenvalue weighted by atomic mass is 9.85. The Labute approximate surface area is 269 Å². The molecular formula is C35H39ClN6O3. The van der Waals surface area contributed by atoms with Crippen molar-refractivity contribution >= 4 is 40.8 Å². The molecule has 0 unspecified atom stereocenters. The van der Waals surface area contributed by atoms with Crippen LogP contribution in [-0.2, 0) is 14.9 Å². The summed E-state index contributed by atoms with van der Waals surface area (Å²) in [6.07, 6.45) is 1.68. The summed E-state index contributed by atoms with van der Waals surface area (Å²) in [5.41, 5.74) is 3.56. The molecule has 3 aromatic rings. The summed E-state index contributed by atoms with van der Waals surface area (Å²) in [5.74, 6) is 1.50. The number of nitriles is 1. The summed E-state index contributed by atoms with van der Waals surface area (Å²) >= 11 is 6.30. The number of rotatable bonds is 5. The van der Waals surface area contributed by atoms with E-state index in [9.17, 15) is 14.9 Å². The lowest BCUT2D eigenvalue weighted by Crippen LogP contribution is -2.56. The first kappa shape index (κ1) is 30.9. The van der Waals surface area contributed by atoms with Gasteiger partial charge >= 0.3 is 6.09 Å². The number of amides is 2. The second-order valence-corrected chi connectivity index (χ2v) is 14.1. The van der Waals surface area contributed by atoms with Gasteiger partial charge in [-0.3, -0.25) is 14.6 Å². The molecule has 0 aliphatic carbocycles. The van der Waals surface area contributed by atoms with E-state index in [-0.39, 0.29) is 12.0 Å². The SMILES string of the molecule is CC(C)(C)OC(=O)N1CCN(CC2CN(c3ccc(-c4ccc5c(c4)C(C)(C)C(=O)N5c4ccc(C#N)c(Cl)c4)cn3)C2)CC1. The highest BCUT2D eigenvalue weighted by molar-refractivity contribution is 6.32. The number of hydrogen-bond acceptors (Lipinski definition) is 7. The number of aromatic nitrogens is 1. The number of fused-ring (bicyclic) bond motifs is 1. The van der Waals surface area contributed by atoms with E-state index >= 15 is 0 Å². The standard InChI is InChI=1S/C35H39ClN6O3/c1-34(2,3)45-33(44)40-14-12-39(13-15-40)20-23-21-41(22-23)31-11-8-26(19-38-31)24-7-10-30-28(16-24)35(4,5)32(43)42(30)27-9-6-25(18-37)29(36)17-27/h6-11,16-17,19,23H,12-15,20-22H2,1-5H3. The molecule has 10 heteroatoms. The molecule has 0 radical (unpaired) electrons. The van der Waals surface area contributed by atoms with Gasteiger partial charge in [0, 0.05) is 63.5 Å². The second kappa shape index (κ2) is 11.7. The maximum atomic E-state index is 13.6. The lowest BCUT2D eigenvalue weighted by Gasteiger charge is -2.44. The van der Waals surface area contributed by atoms with Crippen LogP contribution in [0.25, 0.3) is 11.1 Å². The summed E-state index contributed by atoms with van der Waals surface area (Å²) in [7, 11) is 0. The van der Waals surface area contributed by atoms with Crippen molar-refractivity contribution in [3.63, 3.8) is 0 Å². The van der Waals surface area contributed by atoms with Gasteiger partial charge in [0.15, 0.2) is 0 Å². The van der Waals surface area contributed by atoms with Crippen molar-refractivity contribution in [1.82, 2.24) is 14.8 Å². The Balaban J connectivity index is 1.07. The van der Waals surface area contributed by atoms with Crippen molar-refractivity contribution in [1.29, 1.82) is 5.26 Å². The molecule has 0 spiro atoms. The van der Waals surface area contributed by atoms with Crippen LogP contribution in [-0.4, -0.2) is 78.2 Å². The Bertz CT molecular complexity index is 1660. The van der Waals surface area contributed by atoms with Gasteiger partial charge in [-0.15, -0.1) is 0 Å². The molecular weight excluding hydrogens is 588 g/mol. The second-order valence-electron chi connectivity index (χ2n) is 13.7. The Morgan fingerprint density at radius 3 is 2.38 bits per heavy atom. The molecule has 9 nitrogen and oxygen atoms in total. The van der Waals surface area contributed by atoms with Gasteiger partial charge in [-0.1, -0.05) is 17.7 Å². The molecule has 2 amide bonds. The van der Waals surface area contributed by atoms with E-state index in [1.165, 1.54) is 0 Å². The first-order valence-corrected chi connectivity index (χ1v) is 15.8. The minimum Gasteiger partial charge on any atom is -0.444 e. The van der Waals surface area contributed by atoms with Crippen LogP contribution in [0.2, 0.25) is 5.02 Å². The van der Waals surface area contributed by atoms with E-state index in [0.717, 1.165) is 60.9 Å². The summed E-state index contributed by atoms with van der Waals surface area (Å²) < 4.78 is 5.52. The van der Waals surface area contributed by atoms with E-state index < -0.39 is 11.0 Å². The molecule has 0 atom stereocenters. The van der Waals surface area contributed by atoms with Crippen molar-refractivity contribution in [2.75, 3.05) is 55.6 Å². The number of benzene rings is 2. The van der Waals surface area contributed by atoms with E-state index in [1.54, 1.807) is 23.1 Å². The summed E-state index contributed by atoms with van der Waals surface area (Å²) in [6, 6.07) is 17.4. The fraction of sp³-hybridized carbons (Fsp3) is 0.429. The maximum absolute atomic E-state index is 13.6. The van der Waals surface area contributed by atoms with Gasteiger partial charge in [-0.2, -0.15) is 5.26 Å². The summed E-state index contributed by atoms with van der Waals surface area (Å²) in [5, 5.41) is 9.57. The Hall–Kier alpha value is -4.13. The highest BCUT2D eigenvalue weighted by Crippen LogP contribution is 2.47. The van der Waals surface area contributed by atoms with E-state index in [0.29, 0.717) is 35.3 Å². The third-order valence-electron chi connectivity index (χ3n) is 8.88. The van der Waals surface area contributed by atoms with Crippen LogP contribution in [0.3, 0.4) is 0 Å². The number of anilines is 3. The third-order valence-corrected chi connectivity index (χ3v) is 9.20. The Morgan fingerprint density at radius 1 is 1.04 bits per heavy atom. The number of nitrogens with zero attached hydrogens (tertiary/aromatic N) is 6. The summed E-state index contributed by atoms with van der Waals surface area (Å²) in [4.78, 5) is 39.0. The zero-order valence-corrected chi connectivity index (χ0v) is 27.3. The highest BCUT2D eigenvalue weighted by atomic mass is 35.5.